The highest BCUT2D eigenvalue weighted by Crippen LogP contribution is 2.30. The smallest absolute Gasteiger partial charge is 0.230 e. The number of nitrogens with zero attached hydrogens (tertiary/aromatic N) is 1. The summed E-state index contributed by atoms with van der Waals surface area (Å²) in [6, 6.07) is 9.00. The molecule has 96 valence electrons. The normalized spacial score (nSPS) is 10.8. The van der Waals surface area contributed by atoms with E-state index in [0.29, 0.717) is 11.6 Å². The fourth-order valence-electron chi connectivity index (χ4n) is 1.80. The first-order valence-electron chi connectivity index (χ1n) is 5.67. The van der Waals surface area contributed by atoms with E-state index >= 15 is 0 Å². The van der Waals surface area contributed by atoms with Crippen LogP contribution in [-0.2, 0) is 6.61 Å². The number of furan rings is 1. The molecule has 0 bridgehead atoms. The number of pyridine rings is 1. The minimum Gasteiger partial charge on any atom is -0.464 e. The van der Waals surface area contributed by atoms with Crippen molar-refractivity contribution in [1.82, 2.24) is 4.98 Å². The van der Waals surface area contributed by atoms with E-state index in [1.165, 1.54) is 0 Å². The molecule has 0 spiro atoms. The standard InChI is InChI=1S/C14H10BrNO3/c15-12-2-1-10(7-9(12)8-17)19-14-11-4-6-18-13(11)3-5-16-14/h1-7,17H,8H2. The molecule has 0 unspecified atom stereocenters. The largest absolute Gasteiger partial charge is 0.464 e. The van der Waals surface area contributed by atoms with Crippen LogP contribution < -0.4 is 4.74 Å². The van der Waals surface area contributed by atoms with Crippen molar-refractivity contribution in [2.24, 2.45) is 0 Å². The summed E-state index contributed by atoms with van der Waals surface area (Å²) < 4.78 is 11.9. The van der Waals surface area contributed by atoms with Crippen LogP contribution in [0.4, 0.5) is 0 Å². The molecule has 2 aromatic heterocycles. The second-order valence-corrected chi connectivity index (χ2v) is 4.82. The fraction of sp³-hybridized carbons (Fsp3) is 0.0714. The summed E-state index contributed by atoms with van der Waals surface area (Å²) in [4.78, 5) is 4.20. The number of benzene rings is 1. The summed E-state index contributed by atoms with van der Waals surface area (Å²) in [5, 5.41) is 10.0. The van der Waals surface area contributed by atoms with Crippen LogP contribution in [0.1, 0.15) is 5.56 Å². The van der Waals surface area contributed by atoms with Crippen molar-refractivity contribution in [3.8, 4) is 11.6 Å². The topological polar surface area (TPSA) is 55.5 Å². The zero-order chi connectivity index (χ0) is 13.2. The van der Waals surface area contributed by atoms with Gasteiger partial charge in [0.05, 0.1) is 18.3 Å². The van der Waals surface area contributed by atoms with Crippen molar-refractivity contribution < 1.29 is 14.3 Å². The van der Waals surface area contributed by atoms with Gasteiger partial charge < -0.3 is 14.3 Å². The lowest BCUT2D eigenvalue weighted by atomic mass is 10.2. The second kappa shape index (κ2) is 5.03. The Kier molecular flexibility index (Phi) is 3.23. The van der Waals surface area contributed by atoms with Gasteiger partial charge in [0.25, 0.3) is 0 Å². The SMILES string of the molecule is OCc1cc(Oc2nccc3occc23)ccc1Br. The van der Waals surface area contributed by atoms with Gasteiger partial charge in [-0.3, -0.25) is 0 Å². The molecule has 5 heteroatoms. The number of ether oxygens (including phenoxy) is 1. The summed E-state index contributed by atoms with van der Waals surface area (Å²) in [5.74, 6) is 1.10. The van der Waals surface area contributed by atoms with Crippen molar-refractivity contribution in [2.45, 2.75) is 6.61 Å². The van der Waals surface area contributed by atoms with Gasteiger partial charge in [0, 0.05) is 10.7 Å². The number of hydrogen-bond donors (Lipinski definition) is 1. The van der Waals surface area contributed by atoms with Crippen molar-refractivity contribution in [3.05, 3.63) is 52.8 Å². The van der Waals surface area contributed by atoms with Crippen LogP contribution in [0.2, 0.25) is 0 Å². The Labute approximate surface area is 117 Å². The highest BCUT2D eigenvalue weighted by molar-refractivity contribution is 9.10. The molecule has 1 aromatic carbocycles. The summed E-state index contributed by atoms with van der Waals surface area (Å²) in [6.45, 7) is -0.0544. The van der Waals surface area contributed by atoms with Gasteiger partial charge in [0.2, 0.25) is 5.88 Å². The number of aromatic nitrogens is 1. The molecular weight excluding hydrogens is 310 g/mol. The van der Waals surface area contributed by atoms with Gasteiger partial charge in [-0.15, -0.1) is 0 Å². The Morgan fingerprint density at radius 2 is 2.16 bits per heavy atom. The van der Waals surface area contributed by atoms with E-state index in [2.05, 4.69) is 20.9 Å². The molecule has 0 fully saturated rings. The molecule has 0 aliphatic carbocycles. The molecule has 0 saturated carbocycles. The molecule has 0 aliphatic heterocycles. The van der Waals surface area contributed by atoms with Crippen molar-refractivity contribution in [3.63, 3.8) is 0 Å². The maximum Gasteiger partial charge on any atom is 0.230 e. The van der Waals surface area contributed by atoms with Crippen LogP contribution in [-0.4, -0.2) is 10.1 Å². The van der Waals surface area contributed by atoms with Crippen molar-refractivity contribution in [1.29, 1.82) is 0 Å². The third-order valence-corrected chi connectivity index (χ3v) is 3.52. The Bertz CT molecular complexity index is 724. The Balaban J connectivity index is 1.99. The molecule has 1 N–H and O–H groups in total. The van der Waals surface area contributed by atoms with E-state index in [9.17, 15) is 5.11 Å². The van der Waals surface area contributed by atoms with Gasteiger partial charge in [-0.2, -0.15) is 0 Å². The number of rotatable bonds is 3. The minimum absolute atomic E-state index is 0.0544. The van der Waals surface area contributed by atoms with Gasteiger partial charge >= 0.3 is 0 Å². The van der Waals surface area contributed by atoms with Crippen LogP contribution in [0.25, 0.3) is 11.0 Å². The Hall–Kier alpha value is -1.85. The quantitative estimate of drug-likeness (QED) is 0.796. The molecule has 3 aromatic rings. The van der Waals surface area contributed by atoms with Gasteiger partial charge in [0.15, 0.2) is 0 Å². The summed E-state index contributed by atoms with van der Waals surface area (Å²) in [5.41, 5.74) is 1.49. The number of halogens is 1. The predicted molar refractivity (Wildman–Crippen MR) is 74.1 cm³/mol. The van der Waals surface area contributed by atoms with E-state index in [1.807, 2.05) is 18.2 Å². The van der Waals surface area contributed by atoms with Gasteiger partial charge in [-0.1, -0.05) is 15.9 Å². The average molecular weight is 320 g/mol. The molecule has 0 amide bonds. The minimum atomic E-state index is -0.0544. The molecule has 0 atom stereocenters. The van der Waals surface area contributed by atoms with E-state index in [0.717, 1.165) is 21.0 Å². The monoisotopic (exact) mass is 319 g/mol. The van der Waals surface area contributed by atoms with E-state index in [1.54, 1.807) is 24.6 Å². The van der Waals surface area contributed by atoms with Gasteiger partial charge in [-0.05, 0) is 35.9 Å². The molecule has 4 nitrogen and oxygen atoms in total. The van der Waals surface area contributed by atoms with Crippen LogP contribution in [0.3, 0.4) is 0 Å². The lowest BCUT2D eigenvalue weighted by Crippen LogP contribution is -1.91. The Morgan fingerprint density at radius 1 is 1.26 bits per heavy atom. The van der Waals surface area contributed by atoms with E-state index in [-0.39, 0.29) is 6.61 Å². The highest BCUT2D eigenvalue weighted by atomic mass is 79.9. The zero-order valence-electron chi connectivity index (χ0n) is 9.84. The molecule has 0 radical (unpaired) electrons. The third-order valence-electron chi connectivity index (χ3n) is 2.75. The first-order valence-corrected chi connectivity index (χ1v) is 6.46. The number of aliphatic hydroxyl groups is 1. The number of fused-ring (bicyclic) bond motifs is 1. The van der Waals surface area contributed by atoms with Crippen LogP contribution >= 0.6 is 15.9 Å². The van der Waals surface area contributed by atoms with E-state index in [4.69, 9.17) is 9.15 Å². The summed E-state index contributed by atoms with van der Waals surface area (Å²) >= 11 is 3.36. The summed E-state index contributed by atoms with van der Waals surface area (Å²) in [6.07, 6.45) is 3.23. The zero-order valence-corrected chi connectivity index (χ0v) is 11.4. The first kappa shape index (κ1) is 12.2. The maximum atomic E-state index is 9.23. The molecular formula is C14H10BrNO3. The van der Waals surface area contributed by atoms with Gasteiger partial charge in [-0.25, -0.2) is 4.98 Å². The highest BCUT2D eigenvalue weighted by Gasteiger charge is 2.08. The average Bonchev–Trinajstić information content (AvgIpc) is 2.90. The van der Waals surface area contributed by atoms with Crippen molar-refractivity contribution in [2.75, 3.05) is 0 Å². The van der Waals surface area contributed by atoms with Crippen LogP contribution in [0.5, 0.6) is 11.6 Å². The lowest BCUT2D eigenvalue weighted by molar-refractivity contribution is 0.280. The molecule has 2 heterocycles. The molecule has 19 heavy (non-hydrogen) atoms. The number of hydrogen-bond acceptors (Lipinski definition) is 4. The first-order chi connectivity index (χ1) is 9.28. The second-order valence-electron chi connectivity index (χ2n) is 3.96. The predicted octanol–water partition coefficient (Wildman–Crippen LogP) is 3.87. The van der Waals surface area contributed by atoms with Crippen molar-refractivity contribution >= 4 is 26.9 Å². The number of aliphatic hydroxyl groups excluding tert-OH is 1. The maximum absolute atomic E-state index is 9.23. The molecule has 3 rings (SSSR count). The molecule has 0 aliphatic rings. The Morgan fingerprint density at radius 3 is 3.00 bits per heavy atom. The lowest BCUT2D eigenvalue weighted by Gasteiger charge is -2.07. The third kappa shape index (κ3) is 2.34. The van der Waals surface area contributed by atoms with Crippen LogP contribution in [0.15, 0.2) is 51.7 Å². The summed E-state index contributed by atoms with van der Waals surface area (Å²) in [7, 11) is 0. The van der Waals surface area contributed by atoms with Crippen LogP contribution in [0, 0.1) is 0 Å². The van der Waals surface area contributed by atoms with E-state index < -0.39 is 0 Å². The van der Waals surface area contributed by atoms with Gasteiger partial charge in [0.1, 0.15) is 11.3 Å². The fourth-order valence-corrected chi connectivity index (χ4v) is 2.17. The molecule has 0 saturated heterocycles.